The molecular weight excluding hydrogens is 229 g/mol. The molecule has 2 rings (SSSR count). The Hall–Kier alpha value is -1.64. The molecule has 0 bridgehead atoms. The lowest BCUT2D eigenvalue weighted by atomic mass is 9.97. The Bertz CT molecular complexity index is 481. The minimum absolute atomic E-state index is 0.0412. The molecule has 1 saturated heterocycles. The largest absolute Gasteiger partial charge is 0.332 e. The first-order valence-electron chi connectivity index (χ1n) is 6.33. The molecule has 1 aliphatic rings. The zero-order valence-corrected chi connectivity index (χ0v) is 10.8. The van der Waals surface area contributed by atoms with E-state index in [1.807, 2.05) is 19.9 Å². The number of amides is 1. The second-order valence-electron chi connectivity index (χ2n) is 4.73. The maximum absolute atomic E-state index is 13.6. The maximum Gasteiger partial charge on any atom is 0.249 e. The van der Waals surface area contributed by atoms with Crippen molar-refractivity contribution in [1.29, 1.82) is 0 Å². The highest BCUT2D eigenvalue weighted by molar-refractivity contribution is 5.94. The van der Waals surface area contributed by atoms with E-state index in [1.54, 1.807) is 23.1 Å². The van der Waals surface area contributed by atoms with Gasteiger partial charge in [-0.25, -0.2) is 4.39 Å². The van der Waals surface area contributed by atoms with Gasteiger partial charge in [-0.3, -0.25) is 4.79 Å². The summed E-state index contributed by atoms with van der Waals surface area (Å²) >= 11 is 0. The number of allylic oxidation sites excluding steroid dienone is 1. The molecule has 1 amide bonds. The van der Waals surface area contributed by atoms with Gasteiger partial charge in [-0.1, -0.05) is 24.3 Å². The van der Waals surface area contributed by atoms with Crippen LogP contribution in [-0.4, -0.2) is 16.8 Å². The van der Waals surface area contributed by atoms with Crippen LogP contribution >= 0.6 is 0 Å². The van der Waals surface area contributed by atoms with Crippen LogP contribution in [0.1, 0.15) is 32.3 Å². The molecule has 0 saturated carbocycles. The molecule has 1 aromatic carbocycles. The van der Waals surface area contributed by atoms with Crippen LogP contribution in [0.2, 0.25) is 0 Å². The van der Waals surface area contributed by atoms with Crippen molar-refractivity contribution in [3.63, 3.8) is 0 Å². The summed E-state index contributed by atoms with van der Waals surface area (Å²) in [5.74, 6) is -0.204. The summed E-state index contributed by atoms with van der Waals surface area (Å²) in [4.78, 5) is 14.0. The fourth-order valence-electron chi connectivity index (χ4n) is 2.32. The lowest BCUT2D eigenvalue weighted by Gasteiger charge is -2.34. The van der Waals surface area contributed by atoms with Gasteiger partial charge in [-0.2, -0.15) is 0 Å². The van der Waals surface area contributed by atoms with E-state index in [-0.39, 0.29) is 17.8 Å². The van der Waals surface area contributed by atoms with Gasteiger partial charge in [-0.15, -0.1) is 0 Å². The average Bonchev–Trinajstić information content (AvgIpc) is 2.37. The molecule has 1 fully saturated rings. The number of rotatable bonds is 2. The summed E-state index contributed by atoms with van der Waals surface area (Å²) in [5.41, 5.74) is 1.42. The van der Waals surface area contributed by atoms with Gasteiger partial charge >= 0.3 is 0 Å². The predicted molar refractivity (Wildman–Crippen MR) is 69.4 cm³/mol. The Morgan fingerprint density at radius 2 is 2.17 bits per heavy atom. The summed E-state index contributed by atoms with van der Waals surface area (Å²) in [6.45, 7) is 4.25. The smallest absolute Gasteiger partial charge is 0.249 e. The van der Waals surface area contributed by atoms with Crippen LogP contribution in [-0.2, 0) is 11.3 Å². The molecule has 1 atom stereocenters. The van der Waals surface area contributed by atoms with Crippen LogP contribution in [0.5, 0.6) is 0 Å². The predicted octanol–water partition coefficient (Wildman–Crippen LogP) is 3.28. The van der Waals surface area contributed by atoms with Gasteiger partial charge in [0.2, 0.25) is 5.91 Å². The van der Waals surface area contributed by atoms with Crippen LogP contribution in [0, 0.1) is 5.82 Å². The van der Waals surface area contributed by atoms with Crippen molar-refractivity contribution in [3.05, 3.63) is 47.3 Å². The summed E-state index contributed by atoms with van der Waals surface area (Å²) in [6, 6.07) is 6.80. The minimum Gasteiger partial charge on any atom is -0.332 e. The first kappa shape index (κ1) is 12.8. The summed E-state index contributed by atoms with van der Waals surface area (Å²) in [6.07, 6.45) is 3.63. The molecule has 1 heterocycles. The highest BCUT2D eigenvalue weighted by atomic mass is 19.1. The second-order valence-corrected chi connectivity index (χ2v) is 4.73. The van der Waals surface area contributed by atoms with Gasteiger partial charge in [0.25, 0.3) is 0 Å². The Morgan fingerprint density at radius 3 is 2.83 bits per heavy atom. The van der Waals surface area contributed by atoms with Crippen LogP contribution in [0.3, 0.4) is 0 Å². The van der Waals surface area contributed by atoms with Crippen LogP contribution in [0.25, 0.3) is 0 Å². The van der Waals surface area contributed by atoms with E-state index in [2.05, 4.69) is 0 Å². The average molecular weight is 247 g/mol. The molecular formula is C15H18FNO. The quantitative estimate of drug-likeness (QED) is 0.734. The van der Waals surface area contributed by atoms with Crippen LogP contribution in [0.4, 0.5) is 4.39 Å². The van der Waals surface area contributed by atoms with Gasteiger partial charge in [0.15, 0.2) is 0 Å². The van der Waals surface area contributed by atoms with Gasteiger partial charge in [0.1, 0.15) is 5.82 Å². The normalized spacial score (nSPS) is 22.6. The number of nitrogens with zero attached hydrogens (tertiary/aromatic N) is 1. The van der Waals surface area contributed by atoms with E-state index >= 15 is 0 Å². The molecule has 2 nitrogen and oxygen atoms in total. The van der Waals surface area contributed by atoms with Gasteiger partial charge in [-0.05, 0) is 32.8 Å². The molecule has 3 heteroatoms. The third kappa shape index (κ3) is 2.45. The van der Waals surface area contributed by atoms with Crippen LogP contribution in [0.15, 0.2) is 35.9 Å². The Labute approximate surface area is 107 Å². The molecule has 1 aliphatic heterocycles. The lowest BCUT2D eigenvalue weighted by Crippen LogP contribution is -2.42. The fraction of sp³-hybridized carbons (Fsp3) is 0.400. The topological polar surface area (TPSA) is 20.3 Å². The van der Waals surface area contributed by atoms with Crippen molar-refractivity contribution in [2.24, 2.45) is 0 Å². The van der Waals surface area contributed by atoms with Gasteiger partial charge in [0, 0.05) is 23.7 Å². The third-order valence-corrected chi connectivity index (χ3v) is 3.55. The SMILES string of the molecule is CC=C1CCC(C)N(Cc2ccccc2F)C1=O. The molecule has 0 aromatic heterocycles. The fourth-order valence-corrected chi connectivity index (χ4v) is 2.32. The van der Waals surface area contributed by atoms with Gasteiger partial charge < -0.3 is 4.90 Å². The molecule has 1 aromatic rings. The molecule has 96 valence electrons. The Balaban J connectivity index is 2.21. The van der Waals surface area contributed by atoms with Crippen molar-refractivity contribution in [1.82, 2.24) is 4.90 Å². The third-order valence-electron chi connectivity index (χ3n) is 3.55. The van der Waals surface area contributed by atoms with Gasteiger partial charge in [0.05, 0.1) is 0 Å². The molecule has 0 spiro atoms. The van der Waals surface area contributed by atoms with Crippen molar-refractivity contribution in [3.8, 4) is 0 Å². The van der Waals surface area contributed by atoms with E-state index in [1.165, 1.54) is 6.07 Å². The van der Waals surface area contributed by atoms with E-state index < -0.39 is 0 Å². The number of carbonyl (C=O) groups excluding carboxylic acids is 1. The standard InChI is InChI=1S/C15H18FNO/c1-3-12-9-8-11(2)17(15(12)18)10-13-6-4-5-7-14(13)16/h3-7,11H,8-10H2,1-2H3. The number of hydrogen-bond donors (Lipinski definition) is 0. The molecule has 0 radical (unpaired) electrons. The molecule has 0 N–H and O–H groups in total. The van der Waals surface area contributed by atoms with Crippen molar-refractivity contribution in [2.75, 3.05) is 0 Å². The zero-order valence-electron chi connectivity index (χ0n) is 10.8. The van der Waals surface area contributed by atoms with Crippen molar-refractivity contribution < 1.29 is 9.18 Å². The minimum atomic E-state index is -0.245. The number of carbonyl (C=O) groups is 1. The highest BCUT2D eigenvalue weighted by Gasteiger charge is 2.28. The lowest BCUT2D eigenvalue weighted by molar-refractivity contribution is -0.131. The molecule has 0 aliphatic carbocycles. The molecule has 1 unspecified atom stereocenters. The number of halogens is 1. The maximum atomic E-state index is 13.6. The summed E-state index contributed by atoms with van der Waals surface area (Å²) in [7, 11) is 0. The number of likely N-dealkylation sites (tertiary alicyclic amines) is 1. The van der Waals surface area contributed by atoms with Crippen molar-refractivity contribution in [2.45, 2.75) is 39.3 Å². The van der Waals surface area contributed by atoms with E-state index in [0.29, 0.717) is 12.1 Å². The van der Waals surface area contributed by atoms with E-state index in [0.717, 1.165) is 18.4 Å². The van der Waals surface area contributed by atoms with Crippen LogP contribution < -0.4 is 0 Å². The summed E-state index contributed by atoms with van der Waals surface area (Å²) in [5, 5.41) is 0. The Morgan fingerprint density at radius 1 is 1.44 bits per heavy atom. The number of piperidine rings is 1. The Kier molecular flexibility index (Phi) is 3.80. The first-order valence-corrected chi connectivity index (χ1v) is 6.33. The molecule has 18 heavy (non-hydrogen) atoms. The number of hydrogen-bond acceptors (Lipinski definition) is 1. The van der Waals surface area contributed by atoms with Crippen molar-refractivity contribution >= 4 is 5.91 Å². The second kappa shape index (κ2) is 5.34. The number of benzene rings is 1. The first-order chi connectivity index (χ1) is 8.63. The van der Waals surface area contributed by atoms with E-state index in [4.69, 9.17) is 0 Å². The monoisotopic (exact) mass is 247 g/mol. The van der Waals surface area contributed by atoms with E-state index in [9.17, 15) is 9.18 Å². The highest BCUT2D eigenvalue weighted by Crippen LogP contribution is 2.25. The zero-order chi connectivity index (χ0) is 13.1. The summed E-state index contributed by atoms with van der Waals surface area (Å²) < 4.78 is 13.6.